The number of allylic oxidation sites excluding steroid dienone is 1. The molecular weight excluding hydrogens is 216 g/mol. The Bertz CT molecular complexity index is 432. The third-order valence-electron chi connectivity index (χ3n) is 4.71. The van der Waals surface area contributed by atoms with E-state index in [1.807, 2.05) is 0 Å². The Morgan fingerprint density at radius 1 is 0.944 bits per heavy atom. The van der Waals surface area contributed by atoms with Crippen LogP contribution in [-0.4, -0.2) is 0 Å². The second-order valence-corrected chi connectivity index (χ2v) is 6.10. The molecular formula is C18H26. The van der Waals surface area contributed by atoms with Crippen molar-refractivity contribution in [2.45, 2.75) is 53.4 Å². The van der Waals surface area contributed by atoms with Gasteiger partial charge in [-0.3, -0.25) is 0 Å². The fraction of sp³-hybridized carbons (Fsp3) is 0.556. The summed E-state index contributed by atoms with van der Waals surface area (Å²) in [4.78, 5) is 0. The van der Waals surface area contributed by atoms with Crippen LogP contribution in [0.15, 0.2) is 18.2 Å². The predicted molar refractivity (Wildman–Crippen MR) is 80.8 cm³/mol. The van der Waals surface area contributed by atoms with Crippen LogP contribution < -0.4 is 0 Å². The average molecular weight is 242 g/mol. The monoisotopic (exact) mass is 242 g/mol. The molecule has 18 heavy (non-hydrogen) atoms. The molecule has 1 fully saturated rings. The van der Waals surface area contributed by atoms with Crippen molar-refractivity contribution in [3.05, 3.63) is 40.5 Å². The molecule has 1 aromatic carbocycles. The molecule has 0 N–H and O–H groups in total. The maximum absolute atomic E-state index is 2.45. The fourth-order valence-corrected chi connectivity index (χ4v) is 2.88. The van der Waals surface area contributed by atoms with Gasteiger partial charge in [-0.2, -0.15) is 0 Å². The van der Waals surface area contributed by atoms with E-state index < -0.39 is 0 Å². The van der Waals surface area contributed by atoms with E-state index in [-0.39, 0.29) is 0 Å². The molecule has 1 aromatic rings. The standard InChI is InChI=1S/C18H26/c1-13-5-8-17(9-6-13)10-12-18-11-7-14(2)15(3)16(18)4/h7,10-13,17H,5-6,8-9H2,1-4H3. The van der Waals surface area contributed by atoms with Gasteiger partial charge in [0.05, 0.1) is 0 Å². The number of aryl methyl sites for hydroxylation is 1. The smallest absolute Gasteiger partial charge is 0.0228 e. The van der Waals surface area contributed by atoms with E-state index >= 15 is 0 Å². The Kier molecular flexibility index (Phi) is 4.27. The molecule has 1 saturated carbocycles. The van der Waals surface area contributed by atoms with Gasteiger partial charge in [-0.15, -0.1) is 0 Å². The van der Waals surface area contributed by atoms with Gasteiger partial charge in [0.1, 0.15) is 0 Å². The molecule has 0 spiro atoms. The third-order valence-corrected chi connectivity index (χ3v) is 4.71. The van der Waals surface area contributed by atoms with Gasteiger partial charge in [-0.25, -0.2) is 0 Å². The molecule has 0 atom stereocenters. The van der Waals surface area contributed by atoms with Crippen molar-refractivity contribution in [1.29, 1.82) is 0 Å². The molecule has 0 aromatic heterocycles. The molecule has 0 radical (unpaired) electrons. The fourth-order valence-electron chi connectivity index (χ4n) is 2.88. The van der Waals surface area contributed by atoms with E-state index in [1.165, 1.54) is 47.9 Å². The van der Waals surface area contributed by atoms with Crippen LogP contribution in [0.2, 0.25) is 0 Å². The van der Waals surface area contributed by atoms with Crippen molar-refractivity contribution in [2.75, 3.05) is 0 Å². The van der Waals surface area contributed by atoms with E-state index in [0.29, 0.717) is 0 Å². The van der Waals surface area contributed by atoms with Crippen LogP contribution in [-0.2, 0) is 0 Å². The molecule has 0 heterocycles. The predicted octanol–water partition coefficient (Wildman–Crippen LogP) is 5.45. The topological polar surface area (TPSA) is 0 Å². The lowest BCUT2D eigenvalue weighted by atomic mass is 9.82. The SMILES string of the molecule is Cc1ccc(C=CC2CCC(C)CC2)c(C)c1C. The van der Waals surface area contributed by atoms with Crippen molar-refractivity contribution < 1.29 is 0 Å². The van der Waals surface area contributed by atoms with E-state index in [1.54, 1.807) is 0 Å². The second-order valence-electron chi connectivity index (χ2n) is 6.10. The van der Waals surface area contributed by atoms with E-state index in [4.69, 9.17) is 0 Å². The minimum Gasteiger partial charge on any atom is -0.0808 e. The number of rotatable bonds is 2. The first-order valence-electron chi connectivity index (χ1n) is 7.33. The Hall–Kier alpha value is -1.04. The summed E-state index contributed by atoms with van der Waals surface area (Å²) in [6.07, 6.45) is 10.4. The normalized spacial score (nSPS) is 24.7. The minimum atomic E-state index is 0.808. The largest absolute Gasteiger partial charge is 0.0808 e. The molecule has 0 heteroatoms. The summed E-state index contributed by atoms with van der Waals surface area (Å²) in [7, 11) is 0. The zero-order valence-electron chi connectivity index (χ0n) is 12.3. The summed E-state index contributed by atoms with van der Waals surface area (Å²) in [6.45, 7) is 9.04. The Labute approximate surface area is 112 Å². The number of hydrogen-bond acceptors (Lipinski definition) is 0. The highest BCUT2D eigenvalue weighted by atomic mass is 14.2. The van der Waals surface area contributed by atoms with Crippen LogP contribution in [0.4, 0.5) is 0 Å². The molecule has 0 nitrogen and oxygen atoms in total. The first kappa shape index (κ1) is 13.4. The maximum atomic E-state index is 2.45. The van der Waals surface area contributed by atoms with Gasteiger partial charge in [0.2, 0.25) is 0 Å². The molecule has 1 aliphatic carbocycles. The van der Waals surface area contributed by atoms with Crippen LogP contribution in [0.1, 0.15) is 54.9 Å². The summed E-state index contributed by atoms with van der Waals surface area (Å²) >= 11 is 0. The lowest BCUT2D eigenvalue weighted by Crippen LogP contribution is -2.09. The summed E-state index contributed by atoms with van der Waals surface area (Å²) in [5.74, 6) is 1.75. The minimum absolute atomic E-state index is 0.808. The van der Waals surface area contributed by atoms with Gasteiger partial charge in [0.25, 0.3) is 0 Å². The first-order valence-corrected chi connectivity index (χ1v) is 7.33. The maximum Gasteiger partial charge on any atom is -0.0228 e. The summed E-state index contributed by atoms with van der Waals surface area (Å²) in [6, 6.07) is 4.50. The molecule has 0 bridgehead atoms. The number of hydrogen-bond donors (Lipinski definition) is 0. The molecule has 0 saturated heterocycles. The van der Waals surface area contributed by atoms with E-state index in [2.05, 4.69) is 52.0 Å². The Morgan fingerprint density at radius 3 is 2.28 bits per heavy atom. The molecule has 1 aliphatic rings. The third kappa shape index (κ3) is 3.04. The highest BCUT2D eigenvalue weighted by Gasteiger charge is 2.15. The van der Waals surface area contributed by atoms with Crippen molar-refractivity contribution in [3.63, 3.8) is 0 Å². The van der Waals surface area contributed by atoms with Gasteiger partial charge in [0, 0.05) is 0 Å². The van der Waals surface area contributed by atoms with Crippen molar-refractivity contribution >= 4 is 6.08 Å². The van der Waals surface area contributed by atoms with Crippen LogP contribution in [0.5, 0.6) is 0 Å². The summed E-state index contributed by atoms with van der Waals surface area (Å²) in [5, 5.41) is 0. The Balaban J connectivity index is 2.07. The van der Waals surface area contributed by atoms with Gasteiger partial charge >= 0.3 is 0 Å². The molecule has 0 amide bonds. The van der Waals surface area contributed by atoms with Gasteiger partial charge in [-0.1, -0.05) is 44.1 Å². The van der Waals surface area contributed by atoms with E-state index in [0.717, 1.165) is 11.8 Å². The lowest BCUT2D eigenvalue weighted by molar-refractivity contribution is 0.331. The zero-order valence-corrected chi connectivity index (χ0v) is 12.3. The number of benzene rings is 1. The lowest BCUT2D eigenvalue weighted by Gasteiger charge is -2.23. The summed E-state index contributed by atoms with van der Waals surface area (Å²) < 4.78 is 0. The average Bonchev–Trinajstić information content (AvgIpc) is 2.37. The first-order chi connectivity index (χ1) is 8.58. The van der Waals surface area contributed by atoms with Gasteiger partial charge in [0.15, 0.2) is 0 Å². The molecule has 0 unspecified atom stereocenters. The van der Waals surface area contributed by atoms with Crippen molar-refractivity contribution in [3.8, 4) is 0 Å². The molecule has 2 rings (SSSR count). The summed E-state index contributed by atoms with van der Waals surface area (Å²) in [5.41, 5.74) is 5.68. The second kappa shape index (κ2) is 5.73. The van der Waals surface area contributed by atoms with Crippen LogP contribution in [0, 0.1) is 32.6 Å². The zero-order chi connectivity index (χ0) is 13.1. The quantitative estimate of drug-likeness (QED) is 0.646. The van der Waals surface area contributed by atoms with Crippen LogP contribution in [0.3, 0.4) is 0 Å². The Morgan fingerprint density at radius 2 is 1.61 bits per heavy atom. The van der Waals surface area contributed by atoms with E-state index in [9.17, 15) is 0 Å². The molecule has 98 valence electrons. The van der Waals surface area contributed by atoms with Crippen molar-refractivity contribution in [1.82, 2.24) is 0 Å². The van der Waals surface area contributed by atoms with Crippen LogP contribution >= 0.6 is 0 Å². The van der Waals surface area contributed by atoms with Gasteiger partial charge < -0.3 is 0 Å². The highest BCUT2D eigenvalue weighted by Crippen LogP contribution is 2.30. The highest BCUT2D eigenvalue weighted by molar-refractivity contribution is 5.57. The molecule has 0 aliphatic heterocycles. The van der Waals surface area contributed by atoms with Gasteiger partial charge in [-0.05, 0) is 67.7 Å². The van der Waals surface area contributed by atoms with Crippen molar-refractivity contribution in [2.24, 2.45) is 11.8 Å². The van der Waals surface area contributed by atoms with Crippen LogP contribution in [0.25, 0.3) is 6.08 Å².